The molecular weight excluding hydrogens is 294 g/mol. The highest BCUT2D eigenvalue weighted by Crippen LogP contribution is 2.23. The lowest BCUT2D eigenvalue weighted by Crippen LogP contribution is -2.51. The minimum absolute atomic E-state index is 0.164. The van der Waals surface area contributed by atoms with Gasteiger partial charge < -0.3 is 19.9 Å². The number of amides is 2. The number of ether oxygens (including phenoxy) is 1. The Labute approximate surface area is 137 Å². The molecule has 1 aromatic rings. The number of rotatable bonds is 4. The minimum atomic E-state index is -1.11. The molecule has 0 bridgehead atoms. The van der Waals surface area contributed by atoms with Gasteiger partial charge in [0.1, 0.15) is 5.41 Å². The predicted octanol–water partition coefficient (Wildman–Crippen LogP) is 1.58. The molecule has 1 aliphatic heterocycles. The Kier molecular flexibility index (Phi) is 5.26. The third kappa shape index (κ3) is 4.01. The van der Waals surface area contributed by atoms with Crippen molar-refractivity contribution in [1.29, 1.82) is 0 Å². The van der Waals surface area contributed by atoms with Gasteiger partial charge in [0.2, 0.25) is 11.8 Å². The quantitative estimate of drug-likeness (QED) is 0.856. The fourth-order valence-corrected chi connectivity index (χ4v) is 2.39. The summed E-state index contributed by atoms with van der Waals surface area (Å²) in [5.74, 6) is -0.463. The van der Waals surface area contributed by atoms with Gasteiger partial charge in [-0.15, -0.1) is 0 Å². The zero-order chi connectivity index (χ0) is 17.0. The molecule has 1 aliphatic rings. The van der Waals surface area contributed by atoms with Crippen molar-refractivity contribution in [1.82, 2.24) is 4.90 Å². The van der Waals surface area contributed by atoms with E-state index in [0.29, 0.717) is 32.0 Å². The third-order valence-corrected chi connectivity index (χ3v) is 4.04. The average molecular weight is 319 g/mol. The molecule has 126 valence electrons. The van der Waals surface area contributed by atoms with Crippen LogP contribution in [-0.4, -0.2) is 57.1 Å². The highest BCUT2D eigenvalue weighted by atomic mass is 16.5. The van der Waals surface area contributed by atoms with Gasteiger partial charge in [0.15, 0.2) is 0 Å². The van der Waals surface area contributed by atoms with E-state index in [2.05, 4.69) is 5.32 Å². The summed E-state index contributed by atoms with van der Waals surface area (Å²) in [6.07, 6.45) is 0. The van der Waals surface area contributed by atoms with Crippen molar-refractivity contribution in [2.24, 2.45) is 5.41 Å². The Bertz CT molecular complexity index is 561. The Morgan fingerprint density at radius 2 is 1.70 bits per heavy atom. The van der Waals surface area contributed by atoms with Crippen molar-refractivity contribution in [2.75, 3.05) is 50.6 Å². The van der Waals surface area contributed by atoms with Crippen LogP contribution in [0.3, 0.4) is 0 Å². The van der Waals surface area contributed by atoms with Gasteiger partial charge >= 0.3 is 0 Å². The molecule has 0 spiro atoms. The highest BCUT2D eigenvalue weighted by molar-refractivity contribution is 6.09. The molecule has 0 aromatic heterocycles. The third-order valence-electron chi connectivity index (χ3n) is 4.04. The molecule has 0 unspecified atom stereocenters. The molecule has 1 N–H and O–H groups in total. The van der Waals surface area contributed by atoms with Gasteiger partial charge in [0, 0.05) is 38.6 Å². The zero-order valence-electron chi connectivity index (χ0n) is 14.3. The van der Waals surface area contributed by atoms with Crippen LogP contribution in [0.15, 0.2) is 24.3 Å². The highest BCUT2D eigenvalue weighted by Gasteiger charge is 2.39. The first-order chi connectivity index (χ1) is 10.8. The number of nitrogens with one attached hydrogen (secondary N) is 1. The molecule has 6 nitrogen and oxygen atoms in total. The van der Waals surface area contributed by atoms with Crippen molar-refractivity contribution < 1.29 is 14.3 Å². The Morgan fingerprint density at radius 1 is 1.13 bits per heavy atom. The van der Waals surface area contributed by atoms with Gasteiger partial charge in [0.05, 0.1) is 13.2 Å². The molecule has 1 aromatic carbocycles. The number of hydrogen-bond donors (Lipinski definition) is 1. The largest absolute Gasteiger partial charge is 0.378 e. The normalized spacial score (nSPS) is 15.2. The summed E-state index contributed by atoms with van der Waals surface area (Å²) in [5.41, 5.74) is 0.618. The fraction of sp³-hybridized carbons (Fsp3) is 0.529. The molecule has 0 aliphatic carbocycles. The monoisotopic (exact) mass is 319 g/mol. The van der Waals surface area contributed by atoms with Gasteiger partial charge in [-0.05, 0) is 38.1 Å². The van der Waals surface area contributed by atoms with E-state index in [9.17, 15) is 9.59 Å². The van der Waals surface area contributed by atoms with E-state index >= 15 is 0 Å². The van der Waals surface area contributed by atoms with Crippen LogP contribution < -0.4 is 10.2 Å². The number of nitrogens with zero attached hydrogens (tertiary/aromatic N) is 2. The topological polar surface area (TPSA) is 61.9 Å². The van der Waals surface area contributed by atoms with Crippen LogP contribution in [0.1, 0.15) is 13.8 Å². The first kappa shape index (κ1) is 17.3. The molecular formula is C17H25N3O3. The second-order valence-electron chi connectivity index (χ2n) is 6.42. The molecule has 6 heteroatoms. The van der Waals surface area contributed by atoms with Crippen LogP contribution in [0.5, 0.6) is 0 Å². The fourth-order valence-electron chi connectivity index (χ4n) is 2.39. The lowest BCUT2D eigenvalue weighted by atomic mass is 9.90. The summed E-state index contributed by atoms with van der Waals surface area (Å²) >= 11 is 0. The van der Waals surface area contributed by atoms with E-state index in [1.807, 2.05) is 43.3 Å². The molecule has 0 atom stereocenters. The Balaban J connectivity index is 2.04. The summed E-state index contributed by atoms with van der Waals surface area (Å²) in [5, 5.41) is 2.83. The first-order valence-corrected chi connectivity index (χ1v) is 7.78. The zero-order valence-corrected chi connectivity index (χ0v) is 14.3. The lowest BCUT2D eigenvalue weighted by Gasteiger charge is -2.33. The van der Waals surface area contributed by atoms with Gasteiger partial charge in [-0.2, -0.15) is 0 Å². The summed E-state index contributed by atoms with van der Waals surface area (Å²) in [4.78, 5) is 28.8. The van der Waals surface area contributed by atoms with Crippen LogP contribution in [-0.2, 0) is 14.3 Å². The predicted molar refractivity (Wildman–Crippen MR) is 90.6 cm³/mol. The van der Waals surface area contributed by atoms with Gasteiger partial charge in [0.25, 0.3) is 0 Å². The number of benzene rings is 1. The maximum atomic E-state index is 12.6. The van der Waals surface area contributed by atoms with Crippen molar-refractivity contribution in [2.45, 2.75) is 13.8 Å². The van der Waals surface area contributed by atoms with Crippen molar-refractivity contribution in [3.05, 3.63) is 24.3 Å². The summed E-state index contributed by atoms with van der Waals surface area (Å²) in [6, 6.07) is 7.52. The Hall–Kier alpha value is -2.08. The van der Waals surface area contributed by atoms with Crippen molar-refractivity contribution in [3.63, 3.8) is 0 Å². The van der Waals surface area contributed by atoms with E-state index in [1.165, 1.54) is 0 Å². The van der Waals surface area contributed by atoms with E-state index < -0.39 is 5.41 Å². The van der Waals surface area contributed by atoms with Crippen LogP contribution in [0.2, 0.25) is 0 Å². The molecule has 0 saturated carbocycles. The molecule has 1 saturated heterocycles. The molecule has 23 heavy (non-hydrogen) atoms. The standard InChI is InChI=1S/C17H25N3O3/c1-17(2,16(22)20-9-11-23-12-10-20)15(21)18-13-5-7-14(8-6-13)19(3)4/h5-8H,9-12H2,1-4H3,(H,18,21). The van der Waals surface area contributed by atoms with E-state index in [-0.39, 0.29) is 11.8 Å². The van der Waals surface area contributed by atoms with E-state index in [1.54, 1.807) is 18.7 Å². The molecule has 2 rings (SSSR count). The molecule has 0 radical (unpaired) electrons. The molecule has 2 amide bonds. The molecule has 1 fully saturated rings. The second-order valence-corrected chi connectivity index (χ2v) is 6.42. The van der Waals surface area contributed by atoms with E-state index in [0.717, 1.165) is 5.69 Å². The van der Waals surface area contributed by atoms with Gasteiger partial charge in [-0.1, -0.05) is 0 Å². The van der Waals surface area contributed by atoms with Crippen LogP contribution in [0.4, 0.5) is 11.4 Å². The smallest absolute Gasteiger partial charge is 0.239 e. The van der Waals surface area contributed by atoms with Crippen molar-refractivity contribution >= 4 is 23.2 Å². The van der Waals surface area contributed by atoms with Crippen LogP contribution in [0.25, 0.3) is 0 Å². The van der Waals surface area contributed by atoms with E-state index in [4.69, 9.17) is 4.74 Å². The van der Waals surface area contributed by atoms with Crippen molar-refractivity contribution in [3.8, 4) is 0 Å². The number of carbonyl (C=O) groups is 2. The summed E-state index contributed by atoms with van der Waals surface area (Å²) in [6.45, 7) is 5.44. The lowest BCUT2D eigenvalue weighted by molar-refractivity contribution is -0.149. The number of anilines is 2. The summed E-state index contributed by atoms with van der Waals surface area (Å²) in [7, 11) is 3.91. The maximum Gasteiger partial charge on any atom is 0.239 e. The number of hydrogen-bond acceptors (Lipinski definition) is 4. The Morgan fingerprint density at radius 3 is 2.22 bits per heavy atom. The molecule has 1 heterocycles. The van der Waals surface area contributed by atoms with Crippen LogP contribution >= 0.6 is 0 Å². The first-order valence-electron chi connectivity index (χ1n) is 7.78. The second kappa shape index (κ2) is 7.00. The van der Waals surface area contributed by atoms with Gasteiger partial charge in [-0.25, -0.2) is 0 Å². The summed E-state index contributed by atoms with van der Waals surface area (Å²) < 4.78 is 5.25. The average Bonchev–Trinajstić information content (AvgIpc) is 2.55. The van der Waals surface area contributed by atoms with Gasteiger partial charge in [-0.3, -0.25) is 9.59 Å². The number of morpholine rings is 1. The van der Waals surface area contributed by atoms with Crippen LogP contribution in [0, 0.1) is 5.41 Å². The SMILES string of the molecule is CN(C)c1ccc(NC(=O)C(C)(C)C(=O)N2CCOCC2)cc1. The number of carbonyl (C=O) groups excluding carboxylic acids is 2. The minimum Gasteiger partial charge on any atom is -0.378 e. The maximum absolute atomic E-state index is 12.6.